The van der Waals surface area contributed by atoms with E-state index >= 15 is 0 Å². The number of halogens is 1. The molecule has 0 aromatic rings. The molecule has 0 atom stereocenters. The van der Waals surface area contributed by atoms with Crippen molar-refractivity contribution in [1.82, 2.24) is 0 Å². The summed E-state index contributed by atoms with van der Waals surface area (Å²) in [5.74, 6) is -1.40. The van der Waals surface area contributed by atoms with Crippen molar-refractivity contribution in [3.05, 3.63) is 35.0 Å². The summed E-state index contributed by atoms with van der Waals surface area (Å²) in [7, 11) is -3.64. The second-order valence-corrected chi connectivity index (χ2v) is 5.12. The molecular weight excluding hydrogens is 231 g/mol. The molecule has 1 aliphatic heterocycles. The van der Waals surface area contributed by atoms with E-state index in [4.69, 9.17) is 5.73 Å². The van der Waals surface area contributed by atoms with Crippen molar-refractivity contribution < 1.29 is 12.8 Å². The molecule has 88 valence electrons. The molecule has 4 nitrogen and oxygen atoms in total. The lowest BCUT2D eigenvalue weighted by Gasteiger charge is -2.02. The van der Waals surface area contributed by atoms with Gasteiger partial charge in [0.1, 0.15) is 11.6 Å². The first-order valence-corrected chi connectivity index (χ1v) is 6.35. The van der Waals surface area contributed by atoms with Crippen molar-refractivity contribution in [3.8, 4) is 0 Å². The summed E-state index contributed by atoms with van der Waals surface area (Å²) in [6, 6.07) is 0. The first-order valence-electron chi connectivity index (χ1n) is 4.70. The minimum Gasteiger partial charge on any atom is -0.327 e. The lowest BCUT2D eigenvalue weighted by atomic mass is 10.4. The van der Waals surface area contributed by atoms with Crippen LogP contribution in [0.2, 0.25) is 0 Å². The summed E-state index contributed by atoms with van der Waals surface area (Å²) < 4.78 is 36.5. The van der Waals surface area contributed by atoms with Crippen LogP contribution in [0.15, 0.2) is 40.0 Å². The summed E-state index contributed by atoms with van der Waals surface area (Å²) in [5.41, 5.74) is 5.09. The normalized spacial score (nSPS) is 17.1. The SMILES string of the molecule is NC/C=C(\F)CS(=O)(=O)C1=CC=NCC=C1. The first-order chi connectivity index (χ1) is 7.56. The fourth-order valence-corrected chi connectivity index (χ4v) is 2.35. The Morgan fingerprint density at radius 3 is 3.06 bits per heavy atom. The van der Waals surface area contributed by atoms with Crippen LogP contribution in [0.1, 0.15) is 0 Å². The zero-order valence-corrected chi connectivity index (χ0v) is 9.45. The molecule has 6 heteroatoms. The van der Waals surface area contributed by atoms with Crippen LogP contribution in [0.25, 0.3) is 0 Å². The van der Waals surface area contributed by atoms with E-state index in [1.807, 2.05) is 0 Å². The zero-order chi connectivity index (χ0) is 12.0. The van der Waals surface area contributed by atoms with E-state index in [-0.39, 0.29) is 11.4 Å². The van der Waals surface area contributed by atoms with Crippen LogP contribution in [0, 0.1) is 0 Å². The molecule has 0 fully saturated rings. The molecule has 0 bridgehead atoms. The number of aliphatic imine (C=N–C) groups is 1. The quantitative estimate of drug-likeness (QED) is 0.792. The highest BCUT2D eigenvalue weighted by Gasteiger charge is 2.17. The van der Waals surface area contributed by atoms with Crippen LogP contribution < -0.4 is 5.73 Å². The number of sulfone groups is 1. The summed E-state index contributed by atoms with van der Waals surface area (Å²) in [4.78, 5) is 3.93. The van der Waals surface area contributed by atoms with Crippen molar-refractivity contribution in [3.63, 3.8) is 0 Å². The monoisotopic (exact) mass is 244 g/mol. The molecule has 0 saturated heterocycles. The van der Waals surface area contributed by atoms with E-state index in [0.29, 0.717) is 6.54 Å². The highest BCUT2D eigenvalue weighted by atomic mass is 32.2. The zero-order valence-electron chi connectivity index (χ0n) is 8.64. The fourth-order valence-electron chi connectivity index (χ4n) is 1.13. The Kier molecular flexibility index (Phi) is 4.57. The molecule has 1 aliphatic rings. The van der Waals surface area contributed by atoms with Crippen LogP contribution in [-0.4, -0.2) is 33.5 Å². The lowest BCUT2D eigenvalue weighted by Crippen LogP contribution is -2.09. The molecule has 0 aliphatic carbocycles. The maximum Gasteiger partial charge on any atom is 0.184 e. The van der Waals surface area contributed by atoms with Gasteiger partial charge in [-0.25, -0.2) is 12.8 Å². The summed E-state index contributed by atoms with van der Waals surface area (Å²) in [5, 5.41) is 0. The molecule has 1 heterocycles. The Labute approximate surface area is 94.0 Å². The van der Waals surface area contributed by atoms with Gasteiger partial charge in [0.05, 0.1) is 11.4 Å². The maximum absolute atomic E-state index is 13.1. The Balaban J connectivity index is 2.90. The smallest absolute Gasteiger partial charge is 0.184 e. The van der Waals surface area contributed by atoms with Gasteiger partial charge in [-0.2, -0.15) is 0 Å². The third kappa shape index (κ3) is 3.71. The second kappa shape index (κ2) is 5.72. The number of nitrogens with zero attached hydrogens (tertiary/aromatic N) is 1. The number of rotatable bonds is 4. The number of allylic oxidation sites excluding steroid dienone is 2. The molecule has 0 spiro atoms. The van der Waals surface area contributed by atoms with E-state index in [0.717, 1.165) is 6.08 Å². The highest BCUT2D eigenvalue weighted by molar-refractivity contribution is 7.95. The molecule has 0 amide bonds. The predicted octanol–water partition coefficient (Wildman–Crippen LogP) is 0.738. The molecule has 2 N–H and O–H groups in total. The van der Waals surface area contributed by atoms with Gasteiger partial charge in [-0.05, 0) is 18.2 Å². The standard InChI is InChI=1S/C10H13FN2O2S/c11-9(3-5-12)8-16(14,15)10-2-1-6-13-7-4-10/h1-4,7H,5-6,8,12H2/b9-3-. The van der Waals surface area contributed by atoms with Gasteiger partial charge in [0.15, 0.2) is 9.84 Å². The molecule has 0 aromatic carbocycles. The Bertz CT molecular complexity index is 461. The summed E-state index contributed by atoms with van der Waals surface area (Å²) >= 11 is 0. The van der Waals surface area contributed by atoms with Crippen molar-refractivity contribution in [2.45, 2.75) is 0 Å². The van der Waals surface area contributed by atoms with E-state index in [2.05, 4.69) is 4.99 Å². The predicted molar refractivity (Wildman–Crippen MR) is 62.6 cm³/mol. The van der Waals surface area contributed by atoms with Gasteiger partial charge in [-0.1, -0.05) is 6.08 Å². The van der Waals surface area contributed by atoms with Gasteiger partial charge in [-0.3, -0.25) is 4.99 Å². The topological polar surface area (TPSA) is 72.5 Å². The number of hydrogen-bond acceptors (Lipinski definition) is 4. The van der Waals surface area contributed by atoms with E-state index in [1.54, 1.807) is 6.08 Å². The Morgan fingerprint density at radius 1 is 1.62 bits per heavy atom. The van der Waals surface area contributed by atoms with Crippen molar-refractivity contribution in [2.24, 2.45) is 10.7 Å². The average Bonchev–Trinajstić information content (AvgIpc) is 2.45. The number of nitrogens with two attached hydrogens (primary N) is 1. The molecule has 0 radical (unpaired) electrons. The third-order valence-corrected chi connectivity index (χ3v) is 3.51. The van der Waals surface area contributed by atoms with Gasteiger partial charge in [0.2, 0.25) is 0 Å². The van der Waals surface area contributed by atoms with Gasteiger partial charge < -0.3 is 5.73 Å². The Morgan fingerprint density at radius 2 is 2.38 bits per heavy atom. The minimum absolute atomic E-state index is 0.0162. The van der Waals surface area contributed by atoms with Crippen LogP contribution in [0.5, 0.6) is 0 Å². The molecule has 0 aromatic heterocycles. The summed E-state index contributed by atoms with van der Waals surface area (Å²) in [6.45, 7) is 0.411. The second-order valence-electron chi connectivity index (χ2n) is 3.13. The van der Waals surface area contributed by atoms with E-state index < -0.39 is 21.4 Å². The molecule has 0 unspecified atom stereocenters. The van der Waals surface area contributed by atoms with Crippen LogP contribution in [0.3, 0.4) is 0 Å². The maximum atomic E-state index is 13.1. The van der Waals surface area contributed by atoms with E-state index in [9.17, 15) is 12.8 Å². The molecule has 16 heavy (non-hydrogen) atoms. The fraction of sp³-hybridized carbons (Fsp3) is 0.300. The molecular formula is C10H13FN2O2S. The van der Waals surface area contributed by atoms with Gasteiger partial charge >= 0.3 is 0 Å². The summed E-state index contributed by atoms with van der Waals surface area (Å²) in [6.07, 6.45) is 6.84. The lowest BCUT2D eigenvalue weighted by molar-refractivity contribution is 0.589. The van der Waals surface area contributed by atoms with Crippen molar-refractivity contribution in [2.75, 3.05) is 18.8 Å². The van der Waals surface area contributed by atoms with Gasteiger partial charge in [-0.15, -0.1) is 0 Å². The molecule has 0 saturated carbocycles. The van der Waals surface area contributed by atoms with E-state index in [1.165, 1.54) is 18.4 Å². The van der Waals surface area contributed by atoms with Crippen LogP contribution in [0.4, 0.5) is 4.39 Å². The van der Waals surface area contributed by atoms with Gasteiger partial charge in [0, 0.05) is 12.8 Å². The minimum atomic E-state index is -3.64. The molecule has 1 rings (SSSR count). The third-order valence-electron chi connectivity index (χ3n) is 1.86. The van der Waals surface area contributed by atoms with Crippen LogP contribution >= 0.6 is 0 Å². The average molecular weight is 244 g/mol. The largest absolute Gasteiger partial charge is 0.327 e. The van der Waals surface area contributed by atoms with Crippen molar-refractivity contribution >= 4 is 16.1 Å². The Hall–Kier alpha value is -1.27. The van der Waals surface area contributed by atoms with Gasteiger partial charge in [0.25, 0.3) is 0 Å². The van der Waals surface area contributed by atoms with Crippen LogP contribution in [-0.2, 0) is 9.84 Å². The van der Waals surface area contributed by atoms with Crippen molar-refractivity contribution in [1.29, 1.82) is 0 Å². The highest BCUT2D eigenvalue weighted by Crippen LogP contribution is 2.14. The first kappa shape index (κ1) is 12.8. The number of hydrogen-bond donors (Lipinski definition) is 1.